The summed E-state index contributed by atoms with van der Waals surface area (Å²) in [5.41, 5.74) is 2.52. The van der Waals surface area contributed by atoms with Crippen molar-refractivity contribution in [1.82, 2.24) is 10.3 Å². The summed E-state index contributed by atoms with van der Waals surface area (Å²) < 4.78 is 0. The van der Waals surface area contributed by atoms with Crippen LogP contribution in [0.4, 0.5) is 0 Å². The minimum absolute atomic E-state index is 0.734. The number of aromatic nitrogens is 1. The fourth-order valence-corrected chi connectivity index (χ4v) is 3.17. The summed E-state index contributed by atoms with van der Waals surface area (Å²) in [5, 5.41) is 4.94. The number of hydrogen-bond donors (Lipinski definition) is 1. The summed E-state index contributed by atoms with van der Waals surface area (Å²) in [6, 6.07) is 11.4. The number of para-hydroxylation sites is 1. The number of nitrogens with zero attached hydrogens (tertiary/aromatic N) is 1. The van der Waals surface area contributed by atoms with Gasteiger partial charge in [-0.3, -0.25) is 4.98 Å². The highest BCUT2D eigenvalue weighted by Crippen LogP contribution is 2.24. The van der Waals surface area contributed by atoms with Crippen molar-refractivity contribution in [3.63, 3.8) is 0 Å². The second kappa shape index (κ2) is 5.70. The van der Waals surface area contributed by atoms with Gasteiger partial charge in [0.05, 0.1) is 5.52 Å². The summed E-state index contributed by atoms with van der Waals surface area (Å²) in [4.78, 5) is 4.52. The molecule has 19 heavy (non-hydrogen) atoms. The predicted molar refractivity (Wildman–Crippen MR) is 80.3 cm³/mol. The van der Waals surface area contributed by atoms with E-state index in [1.54, 1.807) is 0 Å². The summed E-state index contributed by atoms with van der Waals surface area (Å²) in [7, 11) is 0. The zero-order chi connectivity index (χ0) is 13.1. The minimum Gasteiger partial charge on any atom is -0.314 e. The molecular formula is C17H22N2. The summed E-state index contributed by atoms with van der Waals surface area (Å²) in [5.74, 6) is 0.900. The van der Waals surface area contributed by atoms with E-state index in [0.29, 0.717) is 0 Å². The Kier molecular flexibility index (Phi) is 3.79. The number of benzene rings is 1. The fraction of sp³-hybridized carbons (Fsp3) is 0.471. The molecule has 2 heteroatoms. The van der Waals surface area contributed by atoms with E-state index in [-0.39, 0.29) is 0 Å². The van der Waals surface area contributed by atoms with Crippen LogP contribution in [0.15, 0.2) is 36.5 Å². The molecule has 0 amide bonds. The number of hydrogen-bond acceptors (Lipinski definition) is 2. The van der Waals surface area contributed by atoms with E-state index in [0.717, 1.165) is 30.4 Å². The highest BCUT2D eigenvalue weighted by atomic mass is 14.9. The fourth-order valence-electron chi connectivity index (χ4n) is 3.17. The average molecular weight is 254 g/mol. The van der Waals surface area contributed by atoms with Crippen LogP contribution in [0.3, 0.4) is 0 Å². The van der Waals surface area contributed by atoms with Gasteiger partial charge in [0.25, 0.3) is 0 Å². The molecule has 1 N–H and O–H groups in total. The lowest BCUT2D eigenvalue weighted by molar-refractivity contribution is 0.506. The first kappa shape index (κ1) is 12.6. The van der Waals surface area contributed by atoms with Gasteiger partial charge in [0.15, 0.2) is 0 Å². The first-order valence-corrected chi connectivity index (χ1v) is 7.39. The van der Waals surface area contributed by atoms with Crippen molar-refractivity contribution in [2.75, 3.05) is 6.54 Å². The van der Waals surface area contributed by atoms with Crippen molar-refractivity contribution in [1.29, 1.82) is 0 Å². The molecular weight excluding hydrogens is 232 g/mol. The van der Waals surface area contributed by atoms with E-state index < -0.39 is 0 Å². The highest BCUT2D eigenvalue weighted by Gasteiger charge is 2.20. The molecule has 0 aliphatic heterocycles. The Morgan fingerprint density at radius 3 is 2.95 bits per heavy atom. The van der Waals surface area contributed by atoms with Gasteiger partial charge in [-0.25, -0.2) is 0 Å². The maximum absolute atomic E-state index is 4.52. The van der Waals surface area contributed by atoms with Gasteiger partial charge in [0, 0.05) is 17.6 Å². The molecule has 0 spiro atoms. The first-order chi connectivity index (χ1) is 9.33. The van der Waals surface area contributed by atoms with Gasteiger partial charge in [-0.05, 0) is 49.8 Å². The Hall–Kier alpha value is -1.41. The van der Waals surface area contributed by atoms with Crippen molar-refractivity contribution in [3.05, 3.63) is 42.1 Å². The quantitative estimate of drug-likeness (QED) is 0.902. The smallest absolute Gasteiger partial charge is 0.0734 e. The number of rotatable bonds is 4. The standard InChI is InChI=1S/C17H22N2/c1-13-7-8-16(12-13)18-11-9-15-5-2-4-14-6-3-10-19-17(14)15/h2-6,10,13,16,18H,7-9,11-12H2,1H3. The van der Waals surface area contributed by atoms with Gasteiger partial charge >= 0.3 is 0 Å². The summed E-state index contributed by atoms with van der Waals surface area (Å²) >= 11 is 0. The van der Waals surface area contributed by atoms with Crippen molar-refractivity contribution in [3.8, 4) is 0 Å². The van der Waals surface area contributed by atoms with Crippen LogP contribution in [0.2, 0.25) is 0 Å². The molecule has 0 saturated heterocycles. The molecule has 1 saturated carbocycles. The highest BCUT2D eigenvalue weighted by molar-refractivity contribution is 5.81. The molecule has 1 fully saturated rings. The second-order valence-electron chi connectivity index (χ2n) is 5.81. The molecule has 0 bridgehead atoms. The maximum Gasteiger partial charge on any atom is 0.0734 e. The van der Waals surface area contributed by atoms with Crippen molar-refractivity contribution in [2.24, 2.45) is 5.92 Å². The van der Waals surface area contributed by atoms with E-state index >= 15 is 0 Å². The molecule has 1 heterocycles. The summed E-state index contributed by atoms with van der Waals surface area (Å²) in [6.45, 7) is 3.42. The van der Waals surface area contributed by atoms with E-state index in [1.165, 1.54) is 30.2 Å². The van der Waals surface area contributed by atoms with Crippen LogP contribution in [-0.2, 0) is 6.42 Å². The van der Waals surface area contributed by atoms with Gasteiger partial charge in [-0.1, -0.05) is 31.2 Å². The van der Waals surface area contributed by atoms with E-state index in [4.69, 9.17) is 0 Å². The molecule has 2 unspecified atom stereocenters. The molecule has 3 rings (SSSR count). The Morgan fingerprint density at radius 2 is 2.11 bits per heavy atom. The third-order valence-electron chi connectivity index (χ3n) is 4.24. The van der Waals surface area contributed by atoms with Crippen LogP contribution >= 0.6 is 0 Å². The second-order valence-corrected chi connectivity index (χ2v) is 5.81. The molecule has 1 aromatic carbocycles. The number of pyridine rings is 1. The molecule has 100 valence electrons. The maximum atomic E-state index is 4.52. The van der Waals surface area contributed by atoms with Crippen LogP contribution in [-0.4, -0.2) is 17.6 Å². The Balaban J connectivity index is 1.62. The molecule has 1 aliphatic rings. The molecule has 2 atom stereocenters. The van der Waals surface area contributed by atoms with Crippen LogP contribution in [0.25, 0.3) is 10.9 Å². The molecule has 2 aromatic rings. The van der Waals surface area contributed by atoms with Crippen LogP contribution in [0.1, 0.15) is 31.7 Å². The van der Waals surface area contributed by atoms with Crippen molar-refractivity contribution in [2.45, 2.75) is 38.6 Å². The lowest BCUT2D eigenvalue weighted by Crippen LogP contribution is -2.28. The average Bonchev–Trinajstić information content (AvgIpc) is 2.85. The van der Waals surface area contributed by atoms with Crippen molar-refractivity contribution < 1.29 is 0 Å². The molecule has 1 aromatic heterocycles. The van der Waals surface area contributed by atoms with Crippen LogP contribution in [0.5, 0.6) is 0 Å². The first-order valence-electron chi connectivity index (χ1n) is 7.39. The Bertz CT molecular complexity index is 544. The Morgan fingerprint density at radius 1 is 1.21 bits per heavy atom. The number of fused-ring (bicyclic) bond motifs is 1. The summed E-state index contributed by atoms with van der Waals surface area (Å²) in [6.07, 6.45) is 7.02. The normalized spacial score (nSPS) is 23.0. The Labute approximate surface area is 115 Å². The van der Waals surface area contributed by atoms with Gasteiger partial charge in [-0.2, -0.15) is 0 Å². The molecule has 0 radical (unpaired) electrons. The topological polar surface area (TPSA) is 24.9 Å². The van der Waals surface area contributed by atoms with E-state index in [1.807, 2.05) is 12.3 Å². The third-order valence-corrected chi connectivity index (χ3v) is 4.24. The minimum atomic E-state index is 0.734. The largest absolute Gasteiger partial charge is 0.314 e. The molecule has 2 nitrogen and oxygen atoms in total. The zero-order valence-electron chi connectivity index (χ0n) is 11.6. The van der Waals surface area contributed by atoms with Crippen LogP contribution in [0, 0.1) is 5.92 Å². The number of nitrogens with one attached hydrogen (secondary N) is 1. The predicted octanol–water partition coefficient (Wildman–Crippen LogP) is 3.56. The van der Waals surface area contributed by atoms with Gasteiger partial charge in [0.1, 0.15) is 0 Å². The zero-order valence-corrected chi connectivity index (χ0v) is 11.6. The van der Waals surface area contributed by atoms with Gasteiger partial charge in [0.2, 0.25) is 0 Å². The van der Waals surface area contributed by atoms with Gasteiger partial charge in [-0.15, -0.1) is 0 Å². The lowest BCUT2D eigenvalue weighted by Gasteiger charge is -2.12. The third kappa shape index (κ3) is 2.95. The van der Waals surface area contributed by atoms with E-state index in [9.17, 15) is 0 Å². The SMILES string of the molecule is CC1CCC(NCCc2cccc3cccnc23)C1. The van der Waals surface area contributed by atoms with E-state index in [2.05, 4.69) is 41.5 Å². The molecule has 1 aliphatic carbocycles. The monoisotopic (exact) mass is 254 g/mol. The lowest BCUT2D eigenvalue weighted by atomic mass is 10.1. The van der Waals surface area contributed by atoms with Crippen molar-refractivity contribution >= 4 is 10.9 Å². The van der Waals surface area contributed by atoms with Crippen LogP contribution < -0.4 is 5.32 Å². The van der Waals surface area contributed by atoms with Gasteiger partial charge < -0.3 is 5.32 Å².